The van der Waals surface area contributed by atoms with Gasteiger partial charge in [0.15, 0.2) is 5.78 Å². The second-order valence-corrected chi connectivity index (χ2v) is 6.56. The Kier molecular flexibility index (Phi) is 4.09. The van der Waals surface area contributed by atoms with Gasteiger partial charge in [0, 0.05) is 21.4 Å². The highest BCUT2D eigenvalue weighted by Crippen LogP contribution is 2.49. The molecule has 0 aliphatic carbocycles. The van der Waals surface area contributed by atoms with Gasteiger partial charge in [-0.2, -0.15) is 0 Å². The maximum atomic E-state index is 12.1. The van der Waals surface area contributed by atoms with E-state index in [1.807, 2.05) is 48.5 Å². The van der Waals surface area contributed by atoms with Gasteiger partial charge in [0.2, 0.25) is 0 Å². The highest BCUT2D eigenvalue weighted by molar-refractivity contribution is 8.82. The fourth-order valence-corrected chi connectivity index (χ4v) is 4.15. The van der Waals surface area contributed by atoms with Crippen LogP contribution in [0.15, 0.2) is 77.7 Å². The van der Waals surface area contributed by atoms with Crippen LogP contribution in [0.1, 0.15) is 15.9 Å². The number of hydrogen-bond acceptors (Lipinski definition) is 3. The van der Waals surface area contributed by atoms with Crippen LogP contribution in [0, 0.1) is 0 Å². The Morgan fingerprint density at radius 2 is 1.50 bits per heavy atom. The fraction of sp³-hybridized carbons (Fsp3) is 0. The molecule has 1 nitrogen and oxygen atoms in total. The van der Waals surface area contributed by atoms with E-state index in [2.05, 4.69) is 18.2 Å². The predicted octanol–water partition coefficient (Wildman–Crippen LogP) is 5.19. The monoisotopic (exact) mass is 296 g/mol. The molecular formula is C17H12OS2. The van der Waals surface area contributed by atoms with E-state index in [1.165, 1.54) is 10.5 Å². The number of benzene rings is 2. The van der Waals surface area contributed by atoms with E-state index < -0.39 is 0 Å². The van der Waals surface area contributed by atoms with Gasteiger partial charge >= 0.3 is 0 Å². The van der Waals surface area contributed by atoms with Gasteiger partial charge in [-0.1, -0.05) is 82.3 Å². The summed E-state index contributed by atoms with van der Waals surface area (Å²) in [7, 11) is 3.33. The first kappa shape index (κ1) is 13.3. The number of rotatable bonds is 3. The molecule has 2 aromatic rings. The van der Waals surface area contributed by atoms with Crippen molar-refractivity contribution in [2.75, 3.05) is 0 Å². The van der Waals surface area contributed by atoms with Gasteiger partial charge in [-0.25, -0.2) is 0 Å². The number of allylic oxidation sites excluding steroid dienone is 2. The van der Waals surface area contributed by atoms with Crippen molar-refractivity contribution >= 4 is 32.3 Å². The maximum absolute atomic E-state index is 12.1. The standard InChI is InChI=1S/C17H12OS2/c18-16(13-7-3-1-4-8-13)11-15-12-17(20-19-15)14-9-5-2-6-10-14/h1-12H/b15-11-. The van der Waals surface area contributed by atoms with Crippen molar-refractivity contribution in [2.24, 2.45) is 0 Å². The molecule has 98 valence electrons. The molecule has 0 bridgehead atoms. The molecule has 1 heterocycles. The van der Waals surface area contributed by atoms with Gasteiger partial charge in [-0.05, 0) is 11.6 Å². The Hall–Kier alpha value is -1.71. The van der Waals surface area contributed by atoms with Gasteiger partial charge < -0.3 is 0 Å². The summed E-state index contributed by atoms with van der Waals surface area (Å²) in [4.78, 5) is 14.3. The normalized spacial score (nSPS) is 16.2. The second kappa shape index (κ2) is 6.16. The van der Waals surface area contributed by atoms with Crippen molar-refractivity contribution in [3.05, 3.63) is 88.8 Å². The zero-order valence-electron chi connectivity index (χ0n) is 10.7. The molecule has 0 N–H and O–H groups in total. The van der Waals surface area contributed by atoms with Crippen molar-refractivity contribution in [1.29, 1.82) is 0 Å². The van der Waals surface area contributed by atoms with Gasteiger partial charge in [-0.15, -0.1) is 0 Å². The first-order valence-electron chi connectivity index (χ1n) is 6.26. The molecule has 0 unspecified atom stereocenters. The summed E-state index contributed by atoms with van der Waals surface area (Å²) in [5, 5.41) is 0. The highest BCUT2D eigenvalue weighted by Gasteiger charge is 2.14. The Morgan fingerprint density at radius 3 is 2.20 bits per heavy atom. The van der Waals surface area contributed by atoms with Gasteiger partial charge in [-0.3, -0.25) is 4.79 Å². The average Bonchev–Trinajstić information content (AvgIpc) is 2.97. The number of ketones is 1. The molecule has 3 rings (SSSR count). The molecule has 20 heavy (non-hydrogen) atoms. The SMILES string of the molecule is O=C(/C=C1/C=C(c2ccccc2)SS1)c1ccccc1. The molecule has 0 saturated carbocycles. The van der Waals surface area contributed by atoms with Crippen molar-refractivity contribution in [1.82, 2.24) is 0 Å². The summed E-state index contributed by atoms with van der Waals surface area (Å²) in [6, 6.07) is 19.6. The van der Waals surface area contributed by atoms with Crippen LogP contribution in [-0.2, 0) is 0 Å². The Balaban J connectivity index is 1.81. The number of carbonyl (C=O) groups is 1. The number of hydrogen-bond donors (Lipinski definition) is 0. The third-order valence-electron chi connectivity index (χ3n) is 2.89. The second-order valence-electron chi connectivity index (χ2n) is 4.32. The van der Waals surface area contributed by atoms with Crippen LogP contribution in [-0.4, -0.2) is 5.78 Å². The Morgan fingerprint density at radius 1 is 0.850 bits per heavy atom. The van der Waals surface area contributed by atoms with E-state index in [4.69, 9.17) is 0 Å². The Bertz CT molecular complexity index is 673. The fourth-order valence-electron chi connectivity index (χ4n) is 1.88. The quantitative estimate of drug-likeness (QED) is 0.441. The summed E-state index contributed by atoms with van der Waals surface area (Å²) in [6.07, 6.45) is 3.79. The summed E-state index contributed by atoms with van der Waals surface area (Å²) in [5.41, 5.74) is 1.92. The van der Waals surface area contributed by atoms with Gasteiger partial charge in [0.25, 0.3) is 0 Å². The molecule has 0 atom stereocenters. The lowest BCUT2D eigenvalue weighted by Gasteiger charge is -1.97. The molecule has 2 aromatic carbocycles. The minimum Gasteiger partial charge on any atom is -0.289 e. The molecule has 0 radical (unpaired) electrons. The minimum absolute atomic E-state index is 0.0549. The molecule has 0 amide bonds. The average molecular weight is 296 g/mol. The molecule has 0 aromatic heterocycles. The molecule has 1 aliphatic rings. The largest absolute Gasteiger partial charge is 0.289 e. The lowest BCUT2D eigenvalue weighted by Crippen LogP contribution is -1.93. The predicted molar refractivity (Wildman–Crippen MR) is 88.5 cm³/mol. The van der Waals surface area contributed by atoms with E-state index >= 15 is 0 Å². The van der Waals surface area contributed by atoms with Crippen molar-refractivity contribution in [3.63, 3.8) is 0 Å². The van der Waals surface area contributed by atoms with Crippen LogP contribution in [0.2, 0.25) is 0 Å². The highest BCUT2D eigenvalue weighted by atomic mass is 33.1. The molecule has 0 fully saturated rings. The van der Waals surface area contributed by atoms with Crippen LogP contribution >= 0.6 is 21.6 Å². The summed E-state index contributed by atoms with van der Waals surface area (Å²) < 4.78 is 0. The van der Waals surface area contributed by atoms with Crippen LogP contribution in [0.25, 0.3) is 4.91 Å². The topological polar surface area (TPSA) is 17.1 Å². The molecule has 1 aliphatic heterocycles. The lowest BCUT2D eigenvalue weighted by molar-refractivity contribution is 0.104. The molecule has 0 spiro atoms. The third-order valence-corrected chi connectivity index (χ3v) is 5.30. The summed E-state index contributed by atoms with van der Waals surface area (Å²) in [6.45, 7) is 0. The molecule has 0 saturated heterocycles. The van der Waals surface area contributed by atoms with Crippen molar-refractivity contribution in [2.45, 2.75) is 0 Å². The van der Waals surface area contributed by atoms with E-state index in [0.717, 1.165) is 10.5 Å². The lowest BCUT2D eigenvalue weighted by atomic mass is 10.1. The summed E-state index contributed by atoms with van der Waals surface area (Å²) >= 11 is 0. The van der Waals surface area contributed by atoms with E-state index in [0.29, 0.717) is 0 Å². The Labute approximate surface area is 126 Å². The molecule has 3 heteroatoms. The van der Waals surface area contributed by atoms with Crippen molar-refractivity contribution < 1.29 is 4.79 Å². The van der Waals surface area contributed by atoms with E-state index in [1.54, 1.807) is 27.7 Å². The minimum atomic E-state index is 0.0549. The van der Waals surface area contributed by atoms with Gasteiger partial charge in [0.1, 0.15) is 0 Å². The summed E-state index contributed by atoms with van der Waals surface area (Å²) in [5.74, 6) is 0.0549. The van der Waals surface area contributed by atoms with E-state index in [-0.39, 0.29) is 5.78 Å². The number of carbonyl (C=O) groups excluding carboxylic acids is 1. The first-order valence-corrected chi connectivity index (χ1v) is 8.40. The first-order chi connectivity index (χ1) is 9.83. The zero-order chi connectivity index (χ0) is 13.8. The maximum Gasteiger partial charge on any atom is 0.186 e. The smallest absolute Gasteiger partial charge is 0.186 e. The van der Waals surface area contributed by atoms with Crippen molar-refractivity contribution in [3.8, 4) is 0 Å². The molecular weight excluding hydrogens is 284 g/mol. The third kappa shape index (κ3) is 3.06. The van der Waals surface area contributed by atoms with E-state index in [9.17, 15) is 4.79 Å². The van der Waals surface area contributed by atoms with Crippen LogP contribution in [0.5, 0.6) is 0 Å². The zero-order valence-corrected chi connectivity index (χ0v) is 12.3. The van der Waals surface area contributed by atoms with Crippen LogP contribution in [0.4, 0.5) is 0 Å². The van der Waals surface area contributed by atoms with Gasteiger partial charge in [0.05, 0.1) is 0 Å². The van der Waals surface area contributed by atoms with Crippen LogP contribution < -0.4 is 0 Å². The van der Waals surface area contributed by atoms with Crippen LogP contribution in [0.3, 0.4) is 0 Å².